The van der Waals surface area contributed by atoms with E-state index in [0.717, 1.165) is 35.1 Å². The van der Waals surface area contributed by atoms with Crippen molar-refractivity contribution in [3.8, 4) is 11.6 Å². The number of halogens is 1. The normalized spacial score (nSPS) is 11.2. The van der Waals surface area contributed by atoms with Gasteiger partial charge in [0.05, 0.1) is 0 Å². The predicted molar refractivity (Wildman–Crippen MR) is 131 cm³/mol. The number of benzene rings is 2. The number of allylic oxidation sites excluding steroid dienone is 1. The SMILES string of the molecule is CC/C(=C/c1ccc(OCCNC)nc1)c1ccc2oc(Cl)cc2c1.Oc1ccccc1. The van der Waals surface area contributed by atoms with Crippen molar-refractivity contribution in [1.29, 1.82) is 0 Å². The van der Waals surface area contributed by atoms with Crippen LogP contribution in [0.2, 0.25) is 5.22 Å². The predicted octanol–water partition coefficient (Wildman–Crippen LogP) is 6.42. The molecule has 0 amide bonds. The highest BCUT2D eigenvalue weighted by molar-refractivity contribution is 6.29. The van der Waals surface area contributed by atoms with Crippen LogP contribution in [-0.4, -0.2) is 30.3 Å². The van der Waals surface area contributed by atoms with E-state index in [2.05, 4.69) is 35.4 Å². The van der Waals surface area contributed by atoms with Gasteiger partial charge >= 0.3 is 0 Å². The Kier molecular flexibility index (Phi) is 8.72. The number of rotatable bonds is 7. The molecular weight excluding hydrogens is 424 g/mol. The fourth-order valence-electron chi connectivity index (χ4n) is 3.05. The number of aromatic hydroxyl groups is 1. The average molecular weight is 451 g/mol. The molecule has 0 aliphatic heterocycles. The number of likely N-dealkylation sites (N-methyl/N-ethyl adjacent to an activating group) is 1. The number of nitrogens with one attached hydrogen (secondary N) is 1. The summed E-state index contributed by atoms with van der Waals surface area (Å²) in [6.45, 7) is 3.54. The van der Waals surface area contributed by atoms with E-state index >= 15 is 0 Å². The Morgan fingerprint density at radius 3 is 2.56 bits per heavy atom. The molecule has 0 unspecified atom stereocenters. The lowest BCUT2D eigenvalue weighted by molar-refractivity contribution is 0.306. The molecule has 166 valence electrons. The summed E-state index contributed by atoms with van der Waals surface area (Å²) in [6, 6.07) is 20.6. The van der Waals surface area contributed by atoms with Crippen LogP contribution in [0.1, 0.15) is 24.5 Å². The molecule has 0 fully saturated rings. The number of furan rings is 1. The highest BCUT2D eigenvalue weighted by Crippen LogP contribution is 2.28. The van der Waals surface area contributed by atoms with Gasteiger partial charge in [0.25, 0.3) is 0 Å². The number of nitrogens with zero attached hydrogens (tertiary/aromatic N) is 1. The number of phenolic OH excluding ortho intramolecular Hbond substituents is 1. The molecule has 32 heavy (non-hydrogen) atoms. The summed E-state index contributed by atoms with van der Waals surface area (Å²) in [5.41, 5.74) is 4.23. The zero-order chi connectivity index (χ0) is 22.8. The van der Waals surface area contributed by atoms with E-state index in [9.17, 15) is 0 Å². The molecule has 2 aromatic carbocycles. The van der Waals surface area contributed by atoms with Crippen LogP contribution >= 0.6 is 11.6 Å². The van der Waals surface area contributed by atoms with Crippen LogP contribution in [0.15, 0.2) is 77.3 Å². The number of hydrogen-bond donors (Lipinski definition) is 2. The van der Waals surface area contributed by atoms with E-state index < -0.39 is 0 Å². The Labute approximate surface area is 193 Å². The van der Waals surface area contributed by atoms with Crippen LogP contribution in [0.25, 0.3) is 22.6 Å². The topological polar surface area (TPSA) is 67.5 Å². The van der Waals surface area contributed by atoms with E-state index in [-0.39, 0.29) is 0 Å². The number of hydrogen-bond acceptors (Lipinski definition) is 5. The minimum absolute atomic E-state index is 0.322. The number of fused-ring (bicyclic) bond motifs is 1. The van der Waals surface area contributed by atoms with Gasteiger partial charge in [-0.1, -0.05) is 31.2 Å². The van der Waals surface area contributed by atoms with Gasteiger partial charge in [-0.3, -0.25) is 0 Å². The fourth-order valence-corrected chi connectivity index (χ4v) is 3.25. The van der Waals surface area contributed by atoms with Crippen LogP contribution in [0.5, 0.6) is 11.6 Å². The Balaban J connectivity index is 0.000000352. The first-order valence-electron chi connectivity index (χ1n) is 10.5. The molecule has 4 aromatic rings. The summed E-state index contributed by atoms with van der Waals surface area (Å²) in [7, 11) is 1.89. The molecule has 6 heteroatoms. The summed E-state index contributed by atoms with van der Waals surface area (Å²) in [5, 5.41) is 13.1. The van der Waals surface area contributed by atoms with Crippen molar-refractivity contribution in [2.45, 2.75) is 13.3 Å². The first-order chi connectivity index (χ1) is 15.6. The lowest BCUT2D eigenvalue weighted by Gasteiger charge is -2.07. The number of aromatic nitrogens is 1. The van der Waals surface area contributed by atoms with Gasteiger partial charge in [0.1, 0.15) is 17.9 Å². The van der Waals surface area contributed by atoms with Crippen LogP contribution in [0.3, 0.4) is 0 Å². The van der Waals surface area contributed by atoms with Gasteiger partial charge in [-0.25, -0.2) is 4.98 Å². The second-order valence-corrected chi connectivity index (χ2v) is 7.42. The first-order valence-corrected chi connectivity index (χ1v) is 10.8. The summed E-state index contributed by atoms with van der Waals surface area (Å²) in [5.74, 6) is 0.961. The number of ether oxygens (including phenoxy) is 1. The van der Waals surface area contributed by atoms with E-state index in [1.807, 2.05) is 43.6 Å². The van der Waals surface area contributed by atoms with Gasteiger partial charge in [-0.05, 0) is 78.2 Å². The zero-order valence-corrected chi connectivity index (χ0v) is 19.0. The lowest BCUT2D eigenvalue weighted by Crippen LogP contribution is -2.16. The lowest BCUT2D eigenvalue weighted by atomic mass is 10.00. The zero-order valence-electron chi connectivity index (χ0n) is 18.2. The molecule has 0 saturated carbocycles. The smallest absolute Gasteiger partial charge is 0.213 e. The maximum Gasteiger partial charge on any atom is 0.213 e. The van der Waals surface area contributed by atoms with Crippen molar-refractivity contribution < 1.29 is 14.3 Å². The second-order valence-electron chi connectivity index (χ2n) is 7.04. The maximum atomic E-state index is 8.63. The summed E-state index contributed by atoms with van der Waals surface area (Å²) in [6.07, 6.45) is 4.89. The molecule has 2 heterocycles. The van der Waals surface area contributed by atoms with Gasteiger partial charge in [0.2, 0.25) is 5.88 Å². The van der Waals surface area contributed by atoms with Crippen LogP contribution in [0, 0.1) is 0 Å². The van der Waals surface area contributed by atoms with Gasteiger partial charge in [-0.2, -0.15) is 0 Å². The Hall–Kier alpha value is -3.28. The molecule has 0 atom stereocenters. The Bertz CT molecular complexity index is 1140. The van der Waals surface area contributed by atoms with Crippen molar-refractivity contribution in [2.24, 2.45) is 0 Å². The maximum absolute atomic E-state index is 8.63. The van der Waals surface area contributed by atoms with Crippen molar-refractivity contribution in [2.75, 3.05) is 20.2 Å². The Morgan fingerprint density at radius 1 is 1.12 bits per heavy atom. The molecule has 4 rings (SSSR count). The molecule has 0 radical (unpaired) electrons. The molecular formula is C26H27ClN2O3. The van der Waals surface area contributed by atoms with Crippen molar-refractivity contribution >= 4 is 34.2 Å². The van der Waals surface area contributed by atoms with E-state index in [0.29, 0.717) is 23.5 Å². The van der Waals surface area contributed by atoms with Crippen molar-refractivity contribution in [1.82, 2.24) is 10.3 Å². The Morgan fingerprint density at radius 2 is 1.94 bits per heavy atom. The quantitative estimate of drug-likeness (QED) is 0.318. The van der Waals surface area contributed by atoms with Crippen molar-refractivity contribution in [3.63, 3.8) is 0 Å². The summed E-state index contributed by atoms with van der Waals surface area (Å²) in [4.78, 5) is 4.36. The molecule has 5 nitrogen and oxygen atoms in total. The van der Waals surface area contributed by atoms with Crippen LogP contribution in [0.4, 0.5) is 0 Å². The molecule has 0 saturated heterocycles. The molecule has 0 aliphatic carbocycles. The molecule has 2 N–H and O–H groups in total. The van der Waals surface area contributed by atoms with Gasteiger partial charge in [0, 0.05) is 30.3 Å². The van der Waals surface area contributed by atoms with E-state index in [1.54, 1.807) is 24.3 Å². The van der Waals surface area contributed by atoms with Gasteiger partial charge in [0.15, 0.2) is 5.22 Å². The fraction of sp³-hybridized carbons (Fsp3) is 0.192. The number of phenols is 1. The highest BCUT2D eigenvalue weighted by atomic mass is 35.5. The monoisotopic (exact) mass is 450 g/mol. The van der Waals surface area contributed by atoms with Gasteiger partial charge in [-0.15, -0.1) is 0 Å². The highest BCUT2D eigenvalue weighted by Gasteiger charge is 2.06. The minimum atomic E-state index is 0.322. The third-order valence-electron chi connectivity index (χ3n) is 4.70. The van der Waals surface area contributed by atoms with E-state index in [4.69, 9.17) is 25.9 Å². The third kappa shape index (κ3) is 6.87. The summed E-state index contributed by atoms with van der Waals surface area (Å²) < 4.78 is 11.0. The number of pyridine rings is 1. The number of para-hydroxylation sites is 1. The van der Waals surface area contributed by atoms with E-state index in [1.165, 1.54) is 5.57 Å². The van der Waals surface area contributed by atoms with Crippen LogP contribution < -0.4 is 10.1 Å². The molecule has 0 spiro atoms. The van der Waals surface area contributed by atoms with Crippen molar-refractivity contribution in [3.05, 3.63) is 89.3 Å². The van der Waals surface area contributed by atoms with Gasteiger partial charge < -0.3 is 19.6 Å². The largest absolute Gasteiger partial charge is 0.508 e. The minimum Gasteiger partial charge on any atom is -0.508 e. The molecule has 0 aliphatic rings. The standard InChI is InChI=1S/C20H21ClN2O2.C6H6O/c1-3-15(16-5-6-18-17(11-16)12-19(21)25-18)10-14-4-7-20(23-13-14)24-9-8-22-2;7-6-4-2-1-3-5-6/h4-7,10-13,22H,3,8-9H2,1-2H3;1-5,7H/b15-10-;. The molecule has 0 bridgehead atoms. The average Bonchev–Trinajstić information content (AvgIpc) is 3.19. The third-order valence-corrected chi connectivity index (χ3v) is 4.88. The second kappa shape index (κ2) is 11.9. The van der Waals surface area contributed by atoms with Crippen LogP contribution in [-0.2, 0) is 0 Å². The molecule has 2 aromatic heterocycles. The first kappa shape index (κ1) is 23.4. The summed E-state index contributed by atoms with van der Waals surface area (Å²) >= 11 is 5.93.